The van der Waals surface area contributed by atoms with Crippen LogP contribution >= 0.6 is 0 Å². The topological polar surface area (TPSA) is 89.0 Å². The largest absolute Gasteiger partial charge is 0.288 e. The summed E-state index contributed by atoms with van der Waals surface area (Å²) < 4.78 is 1.30. The van der Waals surface area contributed by atoms with E-state index < -0.39 is 11.1 Å². The van der Waals surface area contributed by atoms with Crippen LogP contribution in [0.15, 0.2) is 31.3 Å². The second-order valence-electron chi connectivity index (χ2n) is 7.16. The molecular formula is C19H20N2O4. The smallest absolute Gasteiger partial charge is 0.261 e. The molecule has 0 radical (unpaired) electrons. The van der Waals surface area contributed by atoms with Gasteiger partial charge in [0, 0.05) is 6.54 Å². The first-order valence-electron chi connectivity index (χ1n) is 8.96. The van der Waals surface area contributed by atoms with Gasteiger partial charge in [0.1, 0.15) is 0 Å². The Hall–Kier alpha value is -2.50. The molecule has 0 bridgehead atoms. The molecule has 130 valence electrons. The summed E-state index contributed by atoms with van der Waals surface area (Å²) in [4.78, 5) is 51.2. The molecule has 2 heterocycles. The van der Waals surface area contributed by atoms with E-state index in [-0.39, 0.29) is 32.7 Å². The molecule has 1 fully saturated rings. The third kappa shape index (κ3) is 2.65. The molecule has 1 aliphatic carbocycles. The summed E-state index contributed by atoms with van der Waals surface area (Å²) in [5.74, 6) is 0.333. The molecule has 0 atom stereocenters. The van der Waals surface area contributed by atoms with Crippen LogP contribution in [0.25, 0.3) is 21.5 Å². The van der Waals surface area contributed by atoms with Crippen molar-refractivity contribution in [2.75, 3.05) is 0 Å². The van der Waals surface area contributed by atoms with Crippen molar-refractivity contribution in [2.24, 2.45) is 5.92 Å². The quantitative estimate of drug-likeness (QED) is 0.770. The monoisotopic (exact) mass is 340 g/mol. The molecule has 4 rings (SSSR count). The van der Waals surface area contributed by atoms with Crippen molar-refractivity contribution in [3.63, 3.8) is 0 Å². The maximum absolute atomic E-state index is 12.7. The maximum atomic E-state index is 12.7. The van der Waals surface area contributed by atoms with Crippen LogP contribution < -0.4 is 22.2 Å². The van der Waals surface area contributed by atoms with Crippen molar-refractivity contribution in [3.05, 3.63) is 53.5 Å². The van der Waals surface area contributed by atoms with E-state index in [4.69, 9.17) is 0 Å². The summed E-state index contributed by atoms with van der Waals surface area (Å²) in [6.07, 6.45) is 8.02. The Balaban J connectivity index is 1.81. The van der Waals surface area contributed by atoms with E-state index in [1.165, 1.54) is 36.0 Å². The lowest BCUT2D eigenvalue weighted by Gasteiger charge is -2.19. The third-order valence-electron chi connectivity index (χ3n) is 5.49. The molecule has 6 heteroatoms. The predicted molar refractivity (Wildman–Crippen MR) is 97.1 cm³/mol. The molecule has 0 unspecified atom stereocenters. The highest BCUT2D eigenvalue weighted by atomic mass is 16.2. The van der Waals surface area contributed by atoms with Crippen molar-refractivity contribution in [1.29, 1.82) is 0 Å². The fourth-order valence-electron chi connectivity index (χ4n) is 4.10. The zero-order chi connectivity index (χ0) is 17.6. The highest BCUT2D eigenvalue weighted by Gasteiger charge is 2.20. The second-order valence-corrected chi connectivity index (χ2v) is 7.16. The molecular weight excluding hydrogens is 320 g/mol. The van der Waals surface area contributed by atoms with E-state index in [0.717, 1.165) is 25.7 Å². The molecule has 25 heavy (non-hydrogen) atoms. The number of rotatable bonds is 2. The number of aromatic nitrogens is 2. The normalized spacial score (nSPS) is 17.1. The Labute approximate surface area is 142 Å². The van der Waals surface area contributed by atoms with Gasteiger partial charge in [-0.15, -0.1) is 0 Å². The molecule has 0 amide bonds. The zero-order valence-electron chi connectivity index (χ0n) is 14.0. The Morgan fingerprint density at radius 1 is 0.760 bits per heavy atom. The predicted octanol–water partition coefficient (Wildman–Crippen LogP) is 1.80. The number of nitrogens with one attached hydrogen (secondary N) is 1. The minimum atomic E-state index is -0.512. The first kappa shape index (κ1) is 16.0. The number of aromatic amines is 1. The SMILES string of the molecule is O=c1[nH]c(=O)c2cc3c(=O)n(CC4CCCCCCC4)c(=O)c3cc12. The minimum absolute atomic E-state index is 0.178. The van der Waals surface area contributed by atoms with Crippen LogP contribution in [0.4, 0.5) is 0 Å². The molecule has 1 N–H and O–H groups in total. The number of hydrogen-bond acceptors (Lipinski definition) is 4. The molecule has 0 aliphatic heterocycles. The van der Waals surface area contributed by atoms with Crippen LogP contribution in [-0.4, -0.2) is 9.55 Å². The summed E-state index contributed by atoms with van der Waals surface area (Å²) in [6, 6.07) is 2.78. The minimum Gasteiger partial charge on any atom is -0.288 e. The van der Waals surface area contributed by atoms with Crippen molar-refractivity contribution < 1.29 is 0 Å². The van der Waals surface area contributed by atoms with Crippen LogP contribution in [0.5, 0.6) is 0 Å². The van der Waals surface area contributed by atoms with Crippen molar-refractivity contribution in [2.45, 2.75) is 51.5 Å². The van der Waals surface area contributed by atoms with E-state index in [9.17, 15) is 19.2 Å². The molecule has 0 spiro atoms. The van der Waals surface area contributed by atoms with Crippen LogP contribution in [0.1, 0.15) is 44.9 Å². The second kappa shape index (κ2) is 6.10. The Bertz CT molecular complexity index is 1060. The van der Waals surface area contributed by atoms with E-state index >= 15 is 0 Å². The number of benzene rings is 1. The van der Waals surface area contributed by atoms with Gasteiger partial charge >= 0.3 is 0 Å². The van der Waals surface area contributed by atoms with Gasteiger partial charge in [0.05, 0.1) is 21.5 Å². The van der Waals surface area contributed by atoms with E-state index in [2.05, 4.69) is 4.98 Å². The van der Waals surface area contributed by atoms with E-state index in [1.807, 2.05) is 0 Å². The standard InChI is InChI=1S/C19H20N2O4/c22-16-12-8-14-15(9-13(12)17(23)20-16)19(25)21(18(14)24)10-11-6-4-2-1-3-5-7-11/h8-9,11H,1-7,10H2,(H,20,22,23). The van der Waals surface area contributed by atoms with Crippen molar-refractivity contribution in [3.8, 4) is 0 Å². The van der Waals surface area contributed by atoms with Gasteiger partial charge in [-0.2, -0.15) is 0 Å². The fraction of sp³-hybridized carbons (Fsp3) is 0.474. The first-order valence-corrected chi connectivity index (χ1v) is 8.96. The van der Waals surface area contributed by atoms with Gasteiger partial charge < -0.3 is 0 Å². The molecule has 2 aromatic heterocycles. The van der Waals surface area contributed by atoms with Crippen molar-refractivity contribution in [1.82, 2.24) is 9.55 Å². The number of nitrogens with zero attached hydrogens (tertiary/aromatic N) is 1. The number of hydrogen-bond donors (Lipinski definition) is 1. The van der Waals surface area contributed by atoms with Gasteiger partial charge in [-0.05, 0) is 30.9 Å². The van der Waals surface area contributed by atoms with Gasteiger partial charge in [-0.25, -0.2) is 0 Å². The Kier molecular flexibility index (Phi) is 3.90. The van der Waals surface area contributed by atoms with Gasteiger partial charge in [0.15, 0.2) is 0 Å². The van der Waals surface area contributed by atoms with Gasteiger partial charge in [0.25, 0.3) is 22.2 Å². The van der Waals surface area contributed by atoms with Crippen molar-refractivity contribution >= 4 is 21.5 Å². The average Bonchev–Trinajstić information content (AvgIpc) is 2.97. The van der Waals surface area contributed by atoms with E-state index in [0.29, 0.717) is 12.5 Å². The highest BCUT2D eigenvalue weighted by Crippen LogP contribution is 2.23. The van der Waals surface area contributed by atoms with Crippen LogP contribution in [-0.2, 0) is 6.54 Å². The summed E-state index contributed by atoms with van der Waals surface area (Å²) in [5.41, 5.74) is -1.72. The number of fused-ring (bicyclic) bond motifs is 2. The molecule has 0 saturated heterocycles. The van der Waals surface area contributed by atoms with Crippen LogP contribution in [0, 0.1) is 5.92 Å². The lowest BCUT2D eigenvalue weighted by Crippen LogP contribution is -2.29. The third-order valence-corrected chi connectivity index (χ3v) is 5.49. The highest BCUT2D eigenvalue weighted by molar-refractivity contribution is 5.97. The van der Waals surface area contributed by atoms with Gasteiger partial charge in [-0.1, -0.05) is 32.1 Å². The molecule has 6 nitrogen and oxygen atoms in total. The van der Waals surface area contributed by atoms with Crippen LogP contribution in [0.2, 0.25) is 0 Å². The molecule has 1 aliphatic rings. The summed E-state index contributed by atoms with van der Waals surface area (Å²) >= 11 is 0. The molecule has 1 aromatic carbocycles. The average molecular weight is 340 g/mol. The van der Waals surface area contributed by atoms with Crippen LogP contribution in [0.3, 0.4) is 0 Å². The molecule has 1 saturated carbocycles. The summed E-state index contributed by atoms with van der Waals surface area (Å²) in [7, 11) is 0. The first-order chi connectivity index (χ1) is 12.1. The Morgan fingerprint density at radius 2 is 1.24 bits per heavy atom. The lowest BCUT2D eigenvalue weighted by molar-refractivity contribution is 0.334. The fourth-order valence-corrected chi connectivity index (χ4v) is 4.10. The zero-order valence-corrected chi connectivity index (χ0v) is 14.0. The van der Waals surface area contributed by atoms with Gasteiger partial charge in [0.2, 0.25) is 0 Å². The van der Waals surface area contributed by atoms with E-state index in [1.54, 1.807) is 0 Å². The summed E-state index contributed by atoms with van der Waals surface area (Å²) in [5, 5.41) is 0.828. The molecule has 3 aromatic rings. The Morgan fingerprint density at radius 3 is 1.76 bits per heavy atom. The number of H-pyrrole nitrogens is 1. The summed E-state index contributed by atoms with van der Waals surface area (Å²) in [6.45, 7) is 0.428. The maximum Gasteiger partial charge on any atom is 0.261 e. The lowest BCUT2D eigenvalue weighted by atomic mass is 9.91. The van der Waals surface area contributed by atoms with Gasteiger partial charge in [-0.3, -0.25) is 28.7 Å².